The Morgan fingerprint density at radius 3 is 2.50 bits per heavy atom. The van der Waals surface area contributed by atoms with Crippen molar-refractivity contribution in [3.8, 4) is 0 Å². The average Bonchev–Trinajstić information content (AvgIpc) is 2.60. The maximum atomic E-state index is 13.0. The lowest BCUT2D eigenvalue weighted by Gasteiger charge is -2.16. The molecule has 1 unspecified atom stereocenters. The zero-order chi connectivity index (χ0) is 15.1. The van der Waals surface area contributed by atoms with Gasteiger partial charge in [-0.25, -0.2) is 8.42 Å². The number of fused-ring (bicyclic) bond motifs is 1. The van der Waals surface area contributed by atoms with Gasteiger partial charge < -0.3 is 5.32 Å². The van der Waals surface area contributed by atoms with Crippen LogP contribution in [0.1, 0.15) is 24.5 Å². The Kier molecular flexibility index (Phi) is 3.68. The maximum Gasteiger partial charge on any atom is 0.417 e. The smallest absolute Gasteiger partial charge is 0.317 e. The first kappa shape index (κ1) is 15.1. The SMILES string of the molecule is CNC(C)CC1=CS(=O)(=O)c2cccc(C(F)(F)F)c21. The molecule has 7 heteroatoms. The van der Waals surface area contributed by atoms with Crippen molar-refractivity contribution in [3.05, 3.63) is 34.7 Å². The lowest BCUT2D eigenvalue weighted by atomic mass is 9.96. The summed E-state index contributed by atoms with van der Waals surface area (Å²) in [6, 6.07) is 3.13. The second-order valence-corrected chi connectivity index (χ2v) is 6.52. The van der Waals surface area contributed by atoms with Crippen molar-refractivity contribution in [3.63, 3.8) is 0 Å². The van der Waals surface area contributed by atoms with Crippen molar-refractivity contribution >= 4 is 15.4 Å². The molecule has 1 heterocycles. The van der Waals surface area contributed by atoms with Crippen LogP contribution in [0.3, 0.4) is 0 Å². The summed E-state index contributed by atoms with van der Waals surface area (Å²) < 4.78 is 63.0. The van der Waals surface area contributed by atoms with Gasteiger partial charge in [0.2, 0.25) is 9.84 Å². The van der Waals surface area contributed by atoms with Gasteiger partial charge in [-0.15, -0.1) is 0 Å². The predicted molar refractivity (Wildman–Crippen MR) is 69.7 cm³/mol. The second-order valence-electron chi connectivity index (χ2n) is 4.76. The van der Waals surface area contributed by atoms with E-state index in [1.807, 2.05) is 0 Å². The van der Waals surface area contributed by atoms with E-state index in [9.17, 15) is 21.6 Å². The number of hydrogen-bond donors (Lipinski definition) is 1. The highest BCUT2D eigenvalue weighted by Crippen LogP contribution is 2.43. The molecule has 1 aliphatic heterocycles. The average molecular weight is 305 g/mol. The van der Waals surface area contributed by atoms with Gasteiger partial charge in [-0.05, 0) is 38.1 Å². The Balaban J connectivity index is 2.63. The van der Waals surface area contributed by atoms with E-state index in [1.54, 1.807) is 14.0 Å². The molecule has 1 N–H and O–H groups in total. The van der Waals surface area contributed by atoms with Gasteiger partial charge in [-0.1, -0.05) is 6.07 Å². The van der Waals surface area contributed by atoms with Gasteiger partial charge in [0.1, 0.15) is 0 Å². The fourth-order valence-corrected chi connectivity index (χ4v) is 3.74. The minimum atomic E-state index is -4.58. The molecule has 0 saturated carbocycles. The largest absolute Gasteiger partial charge is 0.417 e. The van der Waals surface area contributed by atoms with Crippen LogP contribution in [0, 0.1) is 0 Å². The normalized spacial score (nSPS) is 18.6. The molecule has 1 aromatic rings. The summed E-state index contributed by atoms with van der Waals surface area (Å²) in [4.78, 5) is -0.259. The highest BCUT2D eigenvalue weighted by atomic mass is 32.2. The fourth-order valence-electron chi connectivity index (χ4n) is 2.23. The van der Waals surface area contributed by atoms with E-state index < -0.39 is 21.6 Å². The van der Waals surface area contributed by atoms with E-state index >= 15 is 0 Å². The minimum absolute atomic E-state index is 0.122. The van der Waals surface area contributed by atoms with E-state index in [-0.39, 0.29) is 28.5 Å². The number of hydrogen-bond acceptors (Lipinski definition) is 3. The molecule has 0 spiro atoms. The van der Waals surface area contributed by atoms with Crippen LogP contribution in [-0.4, -0.2) is 21.5 Å². The Morgan fingerprint density at radius 1 is 1.30 bits per heavy atom. The molecule has 0 saturated heterocycles. The van der Waals surface area contributed by atoms with Crippen LogP contribution >= 0.6 is 0 Å². The Morgan fingerprint density at radius 2 is 1.95 bits per heavy atom. The molecule has 1 atom stereocenters. The van der Waals surface area contributed by atoms with Crippen LogP contribution in [0.5, 0.6) is 0 Å². The van der Waals surface area contributed by atoms with Crippen molar-refractivity contribution < 1.29 is 21.6 Å². The quantitative estimate of drug-likeness (QED) is 0.934. The molecule has 0 aromatic heterocycles. The Labute approximate surface area is 115 Å². The molecule has 3 nitrogen and oxygen atoms in total. The predicted octanol–water partition coefficient (Wildman–Crippen LogP) is 2.83. The van der Waals surface area contributed by atoms with Gasteiger partial charge in [-0.3, -0.25) is 0 Å². The van der Waals surface area contributed by atoms with Gasteiger partial charge in [0.25, 0.3) is 0 Å². The summed E-state index contributed by atoms with van der Waals surface area (Å²) in [5, 5.41) is 3.84. The third-order valence-electron chi connectivity index (χ3n) is 3.28. The number of alkyl halides is 3. The van der Waals surface area contributed by atoms with E-state index in [0.717, 1.165) is 17.5 Å². The molecule has 0 radical (unpaired) electrons. The lowest BCUT2D eigenvalue weighted by Crippen LogP contribution is -2.21. The topological polar surface area (TPSA) is 46.2 Å². The molecule has 20 heavy (non-hydrogen) atoms. The molecule has 110 valence electrons. The lowest BCUT2D eigenvalue weighted by molar-refractivity contribution is -0.137. The van der Waals surface area contributed by atoms with Crippen LogP contribution in [0.25, 0.3) is 5.57 Å². The zero-order valence-corrected chi connectivity index (χ0v) is 11.8. The van der Waals surface area contributed by atoms with Crippen molar-refractivity contribution in [2.24, 2.45) is 0 Å². The molecule has 1 aromatic carbocycles. The Hall–Kier alpha value is -1.34. The molecule has 0 aliphatic carbocycles. The van der Waals surface area contributed by atoms with Gasteiger partial charge >= 0.3 is 6.18 Å². The monoisotopic (exact) mass is 305 g/mol. The first-order valence-electron chi connectivity index (χ1n) is 6.00. The molecule has 0 fully saturated rings. The molecule has 0 bridgehead atoms. The standard InChI is InChI=1S/C13H14F3NO2S/c1-8(17-2)6-9-7-20(18,19)11-5-3-4-10(12(9)11)13(14,15)16/h3-5,7-8,17H,6H2,1-2H3. The van der Waals surface area contributed by atoms with Crippen LogP contribution in [0.4, 0.5) is 13.2 Å². The number of nitrogens with one attached hydrogen (secondary N) is 1. The van der Waals surface area contributed by atoms with Gasteiger partial charge in [-0.2, -0.15) is 13.2 Å². The highest BCUT2D eigenvalue weighted by molar-refractivity contribution is 7.95. The van der Waals surface area contributed by atoms with Gasteiger partial charge in [0, 0.05) is 17.0 Å². The molecule has 0 amide bonds. The number of sulfone groups is 1. The summed E-state index contributed by atoms with van der Waals surface area (Å²) in [7, 11) is -2.11. The van der Waals surface area contributed by atoms with E-state index in [4.69, 9.17) is 0 Å². The highest BCUT2D eigenvalue weighted by Gasteiger charge is 2.39. The van der Waals surface area contributed by atoms with E-state index in [2.05, 4.69) is 5.32 Å². The summed E-state index contributed by atoms with van der Waals surface area (Å²) in [6.45, 7) is 1.78. The van der Waals surface area contributed by atoms with Crippen LogP contribution in [0.15, 0.2) is 28.5 Å². The number of rotatable bonds is 3. The molecule has 1 aliphatic rings. The first-order chi connectivity index (χ1) is 9.16. The van der Waals surface area contributed by atoms with E-state index in [0.29, 0.717) is 0 Å². The minimum Gasteiger partial charge on any atom is -0.317 e. The van der Waals surface area contributed by atoms with Crippen molar-refractivity contribution in [1.29, 1.82) is 0 Å². The van der Waals surface area contributed by atoms with Crippen molar-refractivity contribution in [2.45, 2.75) is 30.5 Å². The van der Waals surface area contributed by atoms with Gasteiger partial charge in [0.05, 0.1) is 10.5 Å². The van der Waals surface area contributed by atoms with Crippen molar-refractivity contribution in [1.82, 2.24) is 5.32 Å². The number of benzene rings is 1. The maximum absolute atomic E-state index is 13.0. The van der Waals surface area contributed by atoms with Crippen LogP contribution in [-0.2, 0) is 16.0 Å². The summed E-state index contributed by atoms with van der Waals surface area (Å²) >= 11 is 0. The fraction of sp³-hybridized carbons (Fsp3) is 0.385. The molecule has 2 rings (SSSR count). The first-order valence-corrected chi connectivity index (χ1v) is 7.55. The Bertz CT molecular complexity index is 663. The summed E-state index contributed by atoms with van der Waals surface area (Å²) in [5.41, 5.74) is -0.900. The second kappa shape index (κ2) is 4.89. The summed E-state index contributed by atoms with van der Waals surface area (Å²) in [5.74, 6) is 0. The van der Waals surface area contributed by atoms with Gasteiger partial charge in [0.15, 0.2) is 0 Å². The third kappa shape index (κ3) is 2.60. The van der Waals surface area contributed by atoms with E-state index in [1.165, 1.54) is 6.07 Å². The number of halogens is 3. The van der Waals surface area contributed by atoms with Crippen LogP contribution in [0.2, 0.25) is 0 Å². The zero-order valence-electron chi connectivity index (χ0n) is 11.0. The molecular weight excluding hydrogens is 291 g/mol. The van der Waals surface area contributed by atoms with Crippen LogP contribution < -0.4 is 5.32 Å². The van der Waals surface area contributed by atoms with Crippen molar-refractivity contribution in [2.75, 3.05) is 7.05 Å². The molecular formula is C13H14F3NO2S. The third-order valence-corrected chi connectivity index (χ3v) is 4.82. The summed E-state index contributed by atoms with van der Waals surface area (Å²) in [6.07, 6.45) is -4.36.